The van der Waals surface area contributed by atoms with Crippen LogP contribution in [0.5, 0.6) is 11.5 Å². The van der Waals surface area contributed by atoms with Crippen LogP contribution in [0.25, 0.3) is 11.3 Å². The number of benzene rings is 2. The van der Waals surface area contributed by atoms with Crippen LogP contribution in [-0.4, -0.2) is 42.4 Å². The summed E-state index contributed by atoms with van der Waals surface area (Å²) in [5.74, 6) is 2.48. The number of hydrogen-bond acceptors (Lipinski definition) is 7. The van der Waals surface area contributed by atoms with Crippen LogP contribution < -0.4 is 20.1 Å². The summed E-state index contributed by atoms with van der Waals surface area (Å²) in [6.45, 7) is 0.694. The van der Waals surface area contributed by atoms with E-state index in [1.165, 1.54) is 0 Å². The van der Waals surface area contributed by atoms with Crippen molar-refractivity contribution in [2.24, 2.45) is 0 Å². The molecule has 0 bridgehead atoms. The zero-order chi connectivity index (χ0) is 19.8. The highest BCUT2D eigenvalue weighted by Gasteiger charge is 2.10. The van der Waals surface area contributed by atoms with E-state index in [1.807, 2.05) is 54.6 Å². The highest BCUT2D eigenvalue weighted by molar-refractivity contribution is 5.70. The molecule has 0 atom stereocenters. The van der Waals surface area contributed by atoms with Gasteiger partial charge in [0.15, 0.2) is 0 Å². The molecule has 0 aliphatic rings. The molecule has 2 aromatic carbocycles. The third kappa shape index (κ3) is 4.89. The van der Waals surface area contributed by atoms with Gasteiger partial charge in [-0.3, -0.25) is 0 Å². The van der Waals surface area contributed by atoms with E-state index < -0.39 is 0 Å². The number of aliphatic hydroxyl groups is 1. The third-order valence-corrected chi connectivity index (χ3v) is 4.09. The average molecular weight is 380 g/mol. The first-order valence-electron chi connectivity index (χ1n) is 9.02. The van der Waals surface area contributed by atoms with Gasteiger partial charge < -0.3 is 25.2 Å². The Hall–Kier alpha value is -3.32. The van der Waals surface area contributed by atoms with Crippen LogP contribution in [0.1, 0.15) is 6.42 Å². The van der Waals surface area contributed by atoms with Crippen LogP contribution >= 0.6 is 0 Å². The fourth-order valence-electron chi connectivity index (χ4n) is 2.67. The van der Waals surface area contributed by atoms with Crippen molar-refractivity contribution < 1.29 is 14.6 Å². The first-order chi connectivity index (χ1) is 13.7. The van der Waals surface area contributed by atoms with E-state index >= 15 is 0 Å². The lowest BCUT2D eigenvalue weighted by Crippen LogP contribution is -2.09. The quantitative estimate of drug-likeness (QED) is 0.488. The van der Waals surface area contributed by atoms with E-state index in [-0.39, 0.29) is 6.61 Å². The zero-order valence-corrected chi connectivity index (χ0v) is 16.0. The molecule has 0 amide bonds. The number of nitrogens with one attached hydrogen (secondary N) is 2. The molecule has 0 saturated heterocycles. The number of hydrogen-bond donors (Lipinski definition) is 3. The summed E-state index contributed by atoms with van der Waals surface area (Å²) in [7, 11) is 3.22. The normalized spacial score (nSPS) is 10.4. The standard InChI is InChI=1S/C21H24N4O3/c1-27-16-9-10-17(19(13-16)28-2)23-20-14-18(15-7-4-3-5-8-15)24-21(25-20)22-11-6-12-26/h3-5,7-10,13-14,26H,6,11-12H2,1-2H3,(H2,22,23,24,25). The van der Waals surface area contributed by atoms with Crippen molar-refractivity contribution in [1.82, 2.24) is 9.97 Å². The molecule has 146 valence electrons. The fraction of sp³-hybridized carbons (Fsp3) is 0.238. The van der Waals surface area contributed by atoms with Gasteiger partial charge in [-0.15, -0.1) is 0 Å². The topological polar surface area (TPSA) is 88.5 Å². The Balaban J connectivity index is 1.94. The van der Waals surface area contributed by atoms with Gasteiger partial charge in [0.25, 0.3) is 0 Å². The molecule has 3 N–H and O–H groups in total. The fourth-order valence-corrected chi connectivity index (χ4v) is 2.67. The molecule has 7 heteroatoms. The summed E-state index contributed by atoms with van der Waals surface area (Å²) in [4.78, 5) is 9.13. The van der Waals surface area contributed by atoms with Gasteiger partial charge in [-0.25, -0.2) is 4.98 Å². The summed E-state index contributed by atoms with van der Waals surface area (Å²) in [5, 5.41) is 15.5. The van der Waals surface area contributed by atoms with E-state index in [1.54, 1.807) is 14.2 Å². The van der Waals surface area contributed by atoms with Gasteiger partial charge >= 0.3 is 0 Å². The molecule has 0 spiro atoms. The second kappa shape index (κ2) is 9.57. The van der Waals surface area contributed by atoms with Gasteiger partial charge in [0.1, 0.15) is 17.3 Å². The van der Waals surface area contributed by atoms with Gasteiger partial charge in [0.2, 0.25) is 5.95 Å². The minimum atomic E-state index is 0.111. The minimum Gasteiger partial charge on any atom is -0.497 e. The van der Waals surface area contributed by atoms with E-state index in [2.05, 4.69) is 20.6 Å². The Morgan fingerprint density at radius 2 is 1.79 bits per heavy atom. The van der Waals surface area contributed by atoms with Crippen LogP contribution in [0.3, 0.4) is 0 Å². The van der Waals surface area contributed by atoms with Crippen molar-refractivity contribution in [3.8, 4) is 22.8 Å². The van der Waals surface area contributed by atoms with E-state index in [4.69, 9.17) is 14.6 Å². The van der Waals surface area contributed by atoms with Crippen LogP contribution in [-0.2, 0) is 0 Å². The summed E-state index contributed by atoms with van der Waals surface area (Å²) in [6.07, 6.45) is 0.619. The number of rotatable bonds is 9. The summed E-state index contributed by atoms with van der Waals surface area (Å²) >= 11 is 0. The van der Waals surface area contributed by atoms with Gasteiger partial charge in [-0.2, -0.15) is 4.98 Å². The number of aromatic nitrogens is 2. The predicted molar refractivity (Wildman–Crippen MR) is 110 cm³/mol. The van der Waals surface area contributed by atoms with E-state index in [0.717, 1.165) is 16.9 Å². The van der Waals surface area contributed by atoms with Crippen molar-refractivity contribution in [2.75, 3.05) is 38.0 Å². The number of anilines is 3. The Morgan fingerprint density at radius 3 is 2.50 bits per heavy atom. The summed E-state index contributed by atoms with van der Waals surface area (Å²) in [5.41, 5.74) is 2.54. The molecule has 1 heterocycles. The van der Waals surface area contributed by atoms with Gasteiger partial charge in [-0.1, -0.05) is 30.3 Å². The second-order valence-electron chi connectivity index (χ2n) is 6.02. The summed E-state index contributed by atoms with van der Waals surface area (Å²) in [6, 6.07) is 17.3. The molecule has 1 aromatic heterocycles. The molecule has 0 fully saturated rings. The van der Waals surface area contributed by atoms with Gasteiger partial charge in [0, 0.05) is 30.8 Å². The van der Waals surface area contributed by atoms with Crippen LogP contribution in [0.15, 0.2) is 54.6 Å². The van der Waals surface area contributed by atoms with Crippen molar-refractivity contribution >= 4 is 17.5 Å². The minimum absolute atomic E-state index is 0.111. The average Bonchev–Trinajstić information content (AvgIpc) is 2.74. The number of ether oxygens (including phenoxy) is 2. The molecule has 0 aliphatic carbocycles. The molecule has 3 aromatic rings. The van der Waals surface area contributed by atoms with Gasteiger partial charge in [-0.05, 0) is 18.6 Å². The third-order valence-electron chi connectivity index (χ3n) is 4.09. The molecule has 0 aliphatic heterocycles. The Kier molecular flexibility index (Phi) is 6.64. The molecule has 0 radical (unpaired) electrons. The highest BCUT2D eigenvalue weighted by atomic mass is 16.5. The van der Waals surface area contributed by atoms with Crippen molar-refractivity contribution in [3.63, 3.8) is 0 Å². The van der Waals surface area contributed by atoms with E-state index in [9.17, 15) is 0 Å². The Labute approximate surface area is 164 Å². The molecule has 28 heavy (non-hydrogen) atoms. The SMILES string of the molecule is COc1ccc(Nc2cc(-c3ccccc3)nc(NCCCO)n2)c(OC)c1. The molecule has 0 unspecified atom stereocenters. The smallest absolute Gasteiger partial charge is 0.225 e. The number of aliphatic hydroxyl groups excluding tert-OH is 1. The lowest BCUT2D eigenvalue weighted by molar-refractivity contribution is 0.292. The van der Waals surface area contributed by atoms with E-state index in [0.29, 0.717) is 36.2 Å². The van der Waals surface area contributed by atoms with Crippen LogP contribution in [0.4, 0.5) is 17.5 Å². The highest BCUT2D eigenvalue weighted by Crippen LogP contribution is 2.32. The molecular formula is C21H24N4O3. The van der Waals surface area contributed by atoms with Gasteiger partial charge in [0.05, 0.1) is 25.6 Å². The van der Waals surface area contributed by atoms with Crippen molar-refractivity contribution in [3.05, 3.63) is 54.6 Å². The largest absolute Gasteiger partial charge is 0.497 e. The van der Waals surface area contributed by atoms with Crippen LogP contribution in [0.2, 0.25) is 0 Å². The lowest BCUT2D eigenvalue weighted by atomic mass is 10.1. The Bertz CT molecular complexity index is 903. The molecule has 0 saturated carbocycles. The maximum atomic E-state index is 9.01. The number of methoxy groups -OCH3 is 2. The van der Waals surface area contributed by atoms with Crippen molar-refractivity contribution in [1.29, 1.82) is 0 Å². The maximum Gasteiger partial charge on any atom is 0.225 e. The first kappa shape index (κ1) is 19.4. The lowest BCUT2D eigenvalue weighted by Gasteiger charge is -2.14. The monoisotopic (exact) mass is 380 g/mol. The predicted octanol–water partition coefficient (Wildman–Crippen LogP) is 3.70. The maximum absolute atomic E-state index is 9.01. The van der Waals surface area contributed by atoms with Crippen molar-refractivity contribution in [2.45, 2.75) is 6.42 Å². The second-order valence-corrected chi connectivity index (χ2v) is 6.02. The zero-order valence-electron chi connectivity index (χ0n) is 16.0. The first-order valence-corrected chi connectivity index (χ1v) is 9.02. The summed E-state index contributed by atoms with van der Waals surface area (Å²) < 4.78 is 10.7. The molecular weight excluding hydrogens is 356 g/mol. The molecule has 3 rings (SSSR count). The Morgan fingerprint density at radius 1 is 0.964 bits per heavy atom. The molecule has 7 nitrogen and oxygen atoms in total. The number of nitrogens with zero attached hydrogens (tertiary/aromatic N) is 2. The van der Waals surface area contributed by atoms with Crippen LogP contribution in [0, 0.1) is 0 Å².